The number of esters is 2. The number of hydrogen-bond acceptors (Lipinski definition) is 6. The Morgan fingerprint density at radius 1 is 0.446 bits per heavy atom. The summed E-state index contributed by atoms with van der Waals surface area (Å²) in [5, 5.41) is 0. The van der Waals surface area contributed by atoms with E-state index in [-0.39, 0.29) is 19.4 Å². The van der Waals surface area contributed by atoms with Crippen molar-refractivity contribution < 1.29 is 37.9 Å². The Balaban J connectivity index is 3.84. The Morgan fingerprint density at radius 3 is 1.09 bits per heavy atom. The van der Waals surface area contributed by atoms with Gasteiger partial charge in [-0.1, -0.05) is 192 Å². The van der Waals surface area contributed by atoms with Crippen molar-refractivity contribution in [1.29, 1.82) is 0 Å². The van der Waals surface area contributed by atoms with Gasteiger partial charge in [0.15, 0.2) is 6.10 Å². The van der Waals surface area contributed by atoms with Crippen molar-refractivity contribution in [3.8, 4) is 0 Å². The molecule has 0 heterocycles. The molecule has 0 aliphatic carbocycles. The van der Waals surface area contributed by atoms with Gasteiger partial charge >= 0.3 is 19.8 Å². The number of carbonyl (C=O) groups is 2. The molecule has 0 aliphatic rings. The number of hydrogen-bond donors (Lipinski definition) is 2. The van der Waals surface area contributed by atoms with Crippen LogP contribution in [0.2, 0.25) is 0 Å². The van der Waals surface area contributed by atoms with E-state index in [0.29, 0.717) is 6.42 Å². The van der Waals surface area contributed by atoms with E-state index in [4.69, 9.17) is 19.3 Å². The highest BCUT2D eigenvalue weighted by Crippen LogP contribution is 2.36. The Kier molecular flexibility index (Phi) is 42.0. The maximum absolute atomic E-state index is 12.4. The Morgan fingerprint density at radius 2 is 0.750 bits per heavy atom. The fourth-order valence-electron chi connectivity index (χ4n) is 6.89. The molecule has 0 fully saturated rings. The summed E-state index contributed by atoms with van der Waals surface area (Å²) in [5.74, 6) is -0.879. The van der Waals surface area contributed by atoms with E-state index in [1.807, 2.05) is 0 Å². The van der Waals surface area contributed by atoms with Gasteiger partial charge in [0.25, 0.3) is 0 Å². The average molecular weight is 813 g/mol. The standard InChI is InChI=1S/C47H89O8P/c1-3-5-7-9-11-13-15-17-19-21-23-25-27-29-31-33-35-37-39-41-46(48)53-43-45(44-54-56(50,51)52)55-47(49)42-40-38-36-34-32-30-28-26-24-22-20-18-16-14-12-10-8-6-4-2/h17-20,45H,3-16,21-44H2,1-2H3,(H2,50,51,52)/b19-17-,20-18-/t45-/m1/s1. The highest BCUT2D eigenvalue weighted by Gasteiger charge is 2.23. The molecule has 0 spiro atoms. The summed E-state index contributed by atoms with van der Waals surface area (Å²) < 4.78 is 26.5. The molecule has 0 rings (SSSR count). The van der Waals surface area contributed by atoms with Crippen LogP contribution in [0.3, 0.4) is 0 Å². The smallest absolute Gasteiger partial charge is 0.462 e. The Bertz CT molecular complexity index is 962. The van der Waals surface area contributed by atoms with E-state index in [1.165, 1.54) is 173 Å². The largest absolute Gasteiger partial charge is 0.469 e. The van der Waals surface area contributed by atoms with Crippen LogP contribution in [-0.2, 0) is 28.2 Å². The quantitative estimate of drug-likeness (QED) is 0.0270. The molecule has 0 radical (unpaired) electrons. The Labute approximate surface area is 345 Å². The minimum atomic E-state index is -4.76. The zero-order valence-corrected chi connectivity index (χ0v) is 37.4. The Hall–Kier alpha value is -1.47. The lowest BCUT2D eigenvalue weighted by molar-refractivity contribution is -0.161. The fourth-order valence-corrected chi connectivity index (χ4v) is 7.25. The normalized spacial score (nSPS) is 12.6. The molecule has 0 saturated carbocycles. The van der Waals surface area contributed by atoms with Crippen molar-refractivity contribution in [3.63, 3.8) is 0 Å². The van der Waals surface area contributed by atoms with Crippen LogP contribution in [0.5, 0.6) is 0 Å². The molecule has 0 aromatic heterocycles. The van der Waals surface area contributed by atoms with Crippen LogP contribution in [0.25, 0.3) is 0 Å². The second-order valence-electron chi connectivity index (χ2n) is 16.1. The molecule has 8 nitrogen and oxygen atoms in total. The van der Waals surface area contributed by atoms with E-state index in [2.05, 4.69) is 42.7 Å². The van der Waals surface area contributed by atoms with Crippen molar-refractivity contribution in [2.45, 2.75) is 251 Å². The van der Waals surface area contributed by atoms with Crippen LogP contribution in [0, 0.1) is 0 Å². The molecule has 0 aromatic carbocycles. The maximum atomic E-state index is 12.4. The van der Waals surface area contributed by atoms with E-state index < -0.39 is 32.5 Å². The minimum Gasteiger partial charge on any atom is -0.462 e. The van der Waals surface area contributed by atoms with Crippen LogP contribution in [0.1, 0.15) is 245 Å². The van der Waals surface area contributed by atoms with Gasteiger partial charge in [-0.2, -0.15) is 0 Å². The highest BCUT2D eigenvalue weighted by molar-refractivity contribution is 7.46. The summed E-state index contributed by atoms with van der Waals surface area (Å²) in [6.07, 6.45) is 50.4. The lowest BCUT2D eigenvalue weighted by Crippen LogP contribution is -2.29. The van der Waals surface area contributed by atoms with Gasteiger partial charge in [0.2, 0.25) is 0 Å². The summed E-state index contributed by atoms with van der Waals surface area (Å²) in [7, 11) is -4.76. The van der Waals surface area contributed by atoms with Gasteiger partial charge < -0.3 is 19.3 Å². The number of phosphoric acid groups is 1. The van der Waals surface area contributed by atoms with Crippen molar-refractivity contribution in [2.75, 3.05) is 13.2 Å². The van der Waals surface area contributed by atoms with Crippen molar-refractivity contribution in [3.05, 3.63) is 24.3 Å². The second kappa shape index (κ2) is 43.1. The lowest BCUT2D eigenvalue weighted by atomic mass is 10.1. The molecule has 0 bridgehead atoms. The maximum Gasteiger partial charge on any atom is 0.469 e. The first kappa shape index (κ1) is 54.5. The molecule has 330 valence electrons. The monoisotopic (exact) mass is 813 g/mol. The van der Waals surface area contributed by atoms with E-state index >= 15 is 0 Å². The van der Waals surface area contributed by atoms with Crippen LogP contribution in [0.4, 0.5) is 0 Å². The van der Waals surface area contributed by atoms with Gasteiger partial charge in [-0.3, -0.25) is 14.1 Å². The first-order valence-electron chi connectivity index (χ1n) is 23.6. The predicted octanol–water partition coefficient (Wildman–Crippen LogP) is 14.7. The molecule has 0 aliphatic heterocycles. The molecule has 0 unspecified atom stereocenters. The molecule has 56 heavy (non-hydrogen) atoms. The number of rotatable bonds is 44. The van der Waals surface area contributed by atoms with Gasteiger partial charge in [-0.05, 0) is 64.2 Å². The van der Waals surface area contributed by atoms with Crippen LogP contribution >= 0.6 is 7.82 Å². The van der Waals surface area contributed by atoms with E-state index in [1.54, 1.807) is 0 Å². The van der Waals surface area contributed by atoms with Gasteiger partial charge in [-0.15, -0.1) is 0 Å². The minimum absolute atomic E-state index is 0.212. The van der Waals surface area contributed by atoms with E-state index in [0.717, 1.165) is 38.5 Å². The topological polar surface area (TPSA) is 119 Å². The van der Waals surface area contributed by atoms with Crippen LogP contribution in [0.15, 0.2) is 24.3 Å². The molecule has 0 saturated heterocycles. The lowest BCUT2D eigenvalue weighted by Gasteiger charge is -2.18. The number of carbonyl (C=O) groups excluding carboxylic acids is 2. The number of phosphoric ester groups is 1. The third-order valence-electron chi connectivity index (χ3n) is 10.4. The molecule has 1 atom stereocenters. The van der Waals surface area contributed by atoms with Gasteiger partial charge in [0.05, 0.1) is 6.61 Å². The van der Waals surface area contributed by atoms with E-state index in [9.17, 15) is 14.2 Å². The predicted molar refractivity (Wildman–Crippen MR) is 235 cm³/mol. The number of ether oxygens (including phenoxy) is 2. The van der Waals surface area contributed by atoms with Crippen molar-refractivity contribution in [1.82, 2.24) is 0 Å². The fraction of sp³-hybridized carbons (Fsp3) is 0.872. The number of unbranched alkanes of at least 4 members (excludes halogenated alkanes) is 30. The summed E-state index contributed by atoms with van der Waals surface area (Å²) in [6, 6.07) is 0. The third-order valence-corrected chi connectivity index (χ3v) is 10.9. The molecular weight excluding hydrogens is 723 g/mol. The van der Waals surface area contributed by atoms with Crippen LogP contribution < -0.4 is 0 Å². The highest BCUT2D eigenvalue weighted by atomic mass is 31.2. The second-order valence-corrected chi connectivity index (χ2v) is 17.3. The number of allylic oxidation sites excluding steroid dienone is 4. The van der Waals surface area contributed by atoms with Crippen molar-refractivity contribution >= 4 is 19.8 Å². The van der Waals surface area contributed by atoms with Crippen LogP contribution in [-0.4, -0.2) is 41.0 Å². The molecule has 9 heteroatoms. The van der Waals surface area contributed by atoms with Gasteiger partial charge in [0, 0.05) is 12.8 Å². The SMILES string of the molecule is CCCCCCCC/C=C\CCCCCCCCCCCC(=O)OC[C@H](COP(=O)(O)O)OC(=O)CCCCCCCCCCC/C=C\CCCCCCCC. The zero-order chi connectivity index (χ0) is 41.1. The molecule has 0 aromatic rings. The zero-order valence-electron chi connectivity index (χ0n) is 36.5. The summed E-state index contributed by atoms with van der Waals surface area (Å²) in [4.78, 5) is 43.0. The summed E-state index contributed by atoms with van der Waals surface area (Å²) in [6.45, 7) is 3.71. The molecule has 2 N–H and O–H groups in total. The summed E-state index contributed by atoms with van der Waals surface area (Å²) >= 11 is 0. The first-order chi connectivity index (χ1) is 27.3. The molecule has 0 amide bonds. The third kappa shape index (κ3) is 45.2. The van der Waals surface area contributed by atoms with Gasteiger partial charge in [-0.25, -0.2) is 4.57 Å². The van der Waals surface area contributed by atoms with Crippen molar-refractivity contribution in [2.24, 2.45) is 0 Å². The van der Waals surface area contributed by atoms with Gasteiger partial charge in [0.1, 0.15) is 6.61 Å². The molecular formula is C47H89O8P. The first-order valence-corrected chi connectivity index (χ1v) is 25.2. The average Bonchev–Trinajstić information content (AvgIpc) is 3.17. The summed E-state index contributed by atoms with van der Waals surface area (Å²) in [5.41, 5.74) is 0.